The first-order chi connectivity index (χ1) is 12.3. The van der Waals surface area contributed by atoms with Crippen molar-refractivity contribution in [3.05, 3.63) is 0 Å². The highest BCUT2D eigenvalue weighted by atomic mass is 16.3. The summed E-state index contributed by atoms with van der Waals surface area (Å²) in [6.07, 6.45) is 9.65. The minimum atomic E-state index is -0.204. The fraction of sp³-hybridized carbons (Fsp3) is 1.00. The second kappa shape index (κ2) is 6.74. The SMILES string of the molecule is C[C@H](CCO)[C@H]1CC[C@H]2[C@@H]3CC[C@@H]4C[C@H](O)CC[C@]4(C)[C@H]3C[C@H](O)[C@]12C. The molecular formula is C23H40O3. The van der Waals surface area contributed by atoms with Crippen molar-refractivity contribution >= 4 is 0 Å². The van der Waals surface area contributed by atoms with Crippen molar-refractivity contribution in [2.45, 2.75) is 90.8 Å². The van der Waals surface area contributed by atoms with Crippen LogP contribution in [0.2, 0.25) is 0 Å². The van der Waals surface area contributed by atoms with Gasteiger partial charge in [-0.15, -0.1) is 0 Å². The number of hydrogen-bond acceptors (Lipinski definition) is 3. The molecule has 0 aromatic rings. The van der Waals surface area contributed by atoms with Crippen LogP contribution in [-0.4, -0.2) is 34.1 Å². The molecule has 4 aliphatic carbocycles. The predicted molar refractivity (Wildman–Crippen MR) is 103 cm³/mol. The second-order valence-electron chi connectivity index (χ2n) is 10.9. The molecule has 4 aliphatic rings. The number of hydrogen-bond donors (Lipinski definition) is 3. The number of fused-ring (bicyclic) bond motifs is 5. The number of aliphatic hydroxyl groups is 3. The van der Waals surface area contributed by atoms with Gasteiger partial charge in [0.15, 0.2) is 0 Å². The summed E-state index contributed by atoms with van der Waals surface area (Å²) in [5.74, 6) is 3.73. The molecule has 3 nitrogen and oxygen atoms in total. The van der Waals surface area contributed by atoms with E-state index in [0.717, 1.165) is 38.0 Å². The molecule has 4 rings (SSSR count). The summed E-state index contributed by atoms with van der Waals surface area (Å²) < 4.78 is 0. The van der Waals surface area contributed by atoms with Crippen LogP contribution in [-0.2, 0) is 0 Å². The highest BCUT2D eigenvalue weighted by Crippen LogP contribution is 2.68. The van der Waals surface area contributed by atoms with E-state index in [1.54, 1.807) is 0 Å². The fourth-order valence-electron chi connectivity index (χ4n) is 8.56. The molecule has 0 heterocycles. The van der Waals surface area contributed by atoms with Gasteiger partial charge in [-0.3, -0.25) is 0 Å². The molecule has 4 fully saturated rings. The lowest BCUT2D eigenvalue weighted by Crippen LogP contribution is -2.58. The summed E-state index contributed by atoms with van der Waals surface area (Å²) >= 11 is 0. The smallest absolute Gasteiger partial charge is 0.0602 e. The van der Waals surface area contributed by atoms with E-state index in [-0.39, 0.29) is 24.2 Å². The highest BCUT2D eigenvalue weighted by molar-refractivity contribution is 5.12. The molecule has 4 saturated carbocycles. The topological polar surface area (TPSA) is 60.7 Å². The third-order valence-corrected chi connectivity index (χ3v) is 10.1. The normalized spacial score (nSPS) is 54.9. The zero-order valence-electron chi connectivity index (χ0n) is 17.0. The Kier molecular flexibility index (Phi) is 4.98. The number of aliphatic hydroxyl groups excluding tert-OH is 3. The van der Waals surface area contributed by atoms with Crippen molar-refractivity contribution in [1.29, 1.82) is 0 Å². The Labute approximate surface area is 159 Å². The van der Waals surface area contributed by atoms with Crippen LogP contribution in [0.25, 0.3) is 0 Å². The maximum atomic E-state index is 11.4. The Morgan fingerprint density at radius 2 is 1.73 bits per heavy atom. The summed E-state index contributed by atoms with van der Waals surface area (Å²) in [6.45, 7) is 7.41. The van der Waals surface area contributed by atoms with Gasteiger partial charge in [0.2, 0.25) is 0 Å². The van der Waals surface area contributed by atoms with Crippen molar-refractivity contribution in [3.63, 3.8) is 0 Å². The minimum absolute atomic E-state index is 0.0349. The van der Waals surface area contributed by atoms with Crippen molar-refractivity contribution in [2.75, 3.05) is 6.61 Å². The molecule has 0 aromatic heterocycles. The van der Waals surface area contributed by atoms with Gasteiger partial charge in [-0.1, -0.05) is 20.8 Å². The zero-order valence-corrected chi connectivity index (χ0v) is 17.0. The Morgan fingerprint density at radius 3 is 2.46 bits per heavy atom. The molecule has 3 N–H and O–H groups in total. The summed E-state index contributed by atoms with van der Waals surface area (Å²) in [5, 5.41) is 31.0. The molecule has 0 amide bonds. The molecule has 0 spiro atoms. The number of rotatable bonds is 3. The van der Waals surface area contributed by atoms with Crippen LogP contribution < -0.4 is 0 Å². The summed E-state index contributed by atoms with van der Waals surface area (Å²) in [5.41, 5.74) is 0.354. The van der Waals surface area contributed by atoms with Gasteiger partial charge in [0.25, 0.3) is 0 Å². The first-order valence-electron chi connectivity index (χ1n) is 11.3. The van der Waals surface area contributed by atoms with Crippen molar-refractivity contribution < 1.29 is 15.3 Å². The lowest BCUT2D eigenvalue weighted by molar-refractivity contribution is -0.175. The summed E-state index contributed by atoms with van der Waals surface area (Å²) in [4.78, 5) is 0. The van der Waals surface area contributed by atoms with E-state index < -0.39 is 0 Å². The van der Waals surface area contributed by atoms with Gasteiger partial charge in [-0.05, 0) is 104 Å². The van der Waals surface area contributed by atoms with E-state index in [9.17, 15) is 15.3 Å². The van der Waals surface area contributed by atoms with Crippen LogP contribution in [0.3, 0.4) is 0 Å². The quantitative estimate of drug-likeness (QED) is 0.709. The van der Waals surface area contributed by atoms with Crippen molar-refractivity contribution in [3.8, 4) is 0 Å². The monoisotopic (exact) mass is 364 g/mol. The molecule has 0 radical (unpaired) electrons. The molecule has 26 heavy (non-hydrogen) atoms. The Bertz CT molecular complexity index is 522. The van der Waals surface area contributed by atoms with Gasteiger partial charge in [-0.25, -0.2) is 0 Å². The largest absolute Gasteiger partial charge is 0.396 e. The van der Waals surface area contributed by atoms with Crippen molar-refractivity contribution in [2.24, 2.45) is 46.3 Å². The van der Waals surface area contributed by atoms with Gasteiger partial charge in [0, 0.05) is 6.61 Å². The first kappa shape index (κ1) is 19.2. The summed E-state index contributed by atoms with van der Waals surface area (Å²) in [6, 6.07) is 0. The van der Waals surface area contributed by atoms with E-state index in [1.807, 2.05) is 0 Å². The third-order valence-electron chi connectivity index (χ3n) is 10.1. The van der Waals surface area contributed by atoms with Crippen molar-refractivity contribution in [1.82, 2.24) is 0 Å². The minimum Gasteiger partial charge on any atom is -0.396 e. The molecule has 3 heteroatoms. The predicted octanol–water partition coefficient (Wildman–Crippen LogP) is 4.00. The Hall–Kier alpha value is -0.120. The zero-order chi connectivity index (χ0) is 18.7. The molecule has 150 valence electrons. The molecule has 0 bridgehead atoms. The standard InChI is InChI=1S/C23H40O3/c1-14(9-11-24)18-6-7-19-17-5-4-15-12-16(25)8-10-22(15,2)20(17)13-21(26)23(18,19)3/h14-21,24-26H,4-13H2,1-3H3/t14-,15-,16-,17+,18-,19+,20+,21+,22+,23-/m1/s1. The maximum absolute atomic E-state index is 11.4. The van der Waals surface area contributed by atoms with Crippen LogP contribution >= 0.6 is 0 Å². The Balaban J connectivity index is 1.61. The first-order valence-corrected chi connectivity index (χ1v) is 11.3. The highest BCUT2D eigenvalue weighted by Gasteiger charge is 2.63. The third kappa shape index (κ3) is 2.63. The fourth-order valence-corrected chi connectivity index (χ4v) is 8.56. The molecule has 0 aliphatic heterocycles. The van der Waals surface area contributed by atoms with Gasteiger partial charge in [-0.2, -0.15) is 0 Å². The van der Waals surface area contributed by atoms with Gasteiger partial charge in [0.1, 0.15) is 0 Å². The maximum Gasteiger partial charge on any atom is 0.0602 e. The molecule has 0 saturated heterocycles. The van der Waals surface area contributed by atoms with Crippen LogP contribution in [0, 0.1) is 46.3 Å². The molecular weight excluding hydrogens is 324 g/mol. The average Bonchev–Trinajstić information content (AvgIpc) is 2.96. The Morgan fingerprint density at radius 1 is 0.962 bits per heavy atom. The van der Waals surface area contributed by atoms with Crippen LogP contribution in [0.4, 0.5) is 0 Å². The van der Waals surface area contributed by atoms with E-state index in [0.29, 0.717) is 35.0 Å². The molecule has 0 aromatic carbocycles. The van der Waals surface area contributed by atoms with E-state index in [4.69, 9.17) is 0 Å². The molecule has 0 unspecified atom stereocenters. The summed E-state index contributed by atoms with van der Waals surface area (Å²) in [7, 11) is 0. The van der Waals surface area contributed by atoms with Gasteiger partial charge >= 0.3 is 0 Å². The lowest BCUT2D eigenvalue weighted by Gasteiger charge is -2.62. The van der Waals surface area contributed by atoms with E-state index in [1.165, 1.54) is 25.7 Å². The second-order valence-corrected chi connectivity index (χ2v) is 10.9. The van der Waals surface area contributed by atoms with Crippen LogP contribution in [0.15, 0.2) is 0 Å². The van der Waals surface area contributed by atoms with Crippen LogP contribution in [0.1, 0.15) is 78.6 Å². The van der Waals surface area contributed by atoms with Crippen LogP contribution in [0.5, 0.6) is 0 Å². The van der Waals surface area contributed by atoms with E-state index in [2.05, 4.69) is 20.8 Å². The lowest BCUT2D eigenvalue weighted by atomic mass is 9.43. The van der Waals surface area contributed by atoms with E-state index >= 15 is 0 Å². The average molecular weight is 365 g/mol. The molecule has 10 atom stereocenters. The van der Waals surface area contributed by atoms with Gasteiger partial charge in [0.05, 0.1) is 12.2 Å². The van der Waals surface area contributed by atoms with Gasteiger partial charge < -0.3 is 15.3 Å².